The number of aromatic nitrogens is 1. The molecule has 3 nitrogen and oxygen atoms in total. The van der Waals surface area contributed by atoms with Crippen LogP contribution >= 0.6 is 0 Å². The summed E-state index contributed by atoms with van der Waals surface area (Å²) in [6.45, 7) is 3.79. The molecule has 3 rings (SSSR count). The van der Waals surface area contributed by atoms with Crippen LogP contribution in [-0.2, 0) is 0 Å². The fourth-order valence-corrected chi connectivity index (χ4v) is 2.75. The van der Waals surface area contributed by atoms with Crippen LogP contribution in [-0.4, -0.2) is 24.1 Å². The third-order valence-corrected chi connectivity index (χ3v) is 3.95. The molecule has 21 heavy (non-hydrogen) atoms. The first-order valence-corrected chi connectivity index (χ1v) is 7.41. The van der Waals surface area contributed by atoms with Crippen LogP contribution in [0, 0.1) is 12.7 Å². The van der Waals surface area contributed by atoms with Gasteiger partial charge in [0.2, 0.25) is 0 Å². The maximum Gasteiger partial charge on any atom is 0.146 e. The highest BCUT2D eigenvalue weighted by Crippen LogP contribution is 2.22. The number of nitrogens with one attached hydrogen (secondary N) is 1. The maximum absolute atomic E-state index is 13.9. The average molecular weight is 285 g/mol. The van der Waals surface area contributed by atoms with Crippen LogP contribution in [0.25, 0.3) is 0 Å². The molecule has 0 amide bonds. The van der Waals surface area contributed by atoms with Gasteiger partial charge in [-0.25, -0.2) is 9.37 Å². The predicted molar refractivity (Wildman–Crippen MR) is 84.2 cm³/mol. The third-order valence-electron chi connectivity index (χ3n) is 3.95. The van der Waals surface area contributed by atoms with E-state index in [4.69, 9.17) is 0 Å². The van der Waals surface area contributed by atoms with Crippen molar-refractivity contribution in [2.45, 2.75) is 25.8 Å². The van der Waals surface area contributed by atoms with Crippen molar-refractivity contribution in [3.63, 3.8) is 0 Å². The van der Waals surface area contributed by atoms with Crippen LogP contribution in [0.5, 0.6) is 0 Å². The minimum absolute atomic E-state index is 0.165. The van der Waals surface area contributed by atoms with Crippen LogP contribution in [0.3, 0.4) is 0 Å². The van der Waals surface area contributed by atoms with Gasteiger partial charge in [0.05, 0.1) is 5.69 Å². The highest BCUT2D eigenvalue weighted by atomic mass is 19.1. The molecular weight excluding hydrogens is 265 g/mol. The van der Waals surface area contributed by atoms with E-state index >= 15 is 0 Å². The molecule has 0 spiro atoms. The summed E-state index contributed by atoms with van der Waals surface area (Å²) in [5.41, 5.74) is 1.56. The number of hydrogen-bond acceptors (Lipinski definition) is 3. The van der Waals surface area contributed by atoms with Crippen molar-refractivity contribution >= 4 is 11.5 Å². The van der Waals surface area contributed by atoms with Gasteiger partial charge in [-0.3, -0.25) is 0 Å². The zero-order valence-corrected chi connectivity index (χ0v) is 12.2. The fraction of sp³-hybridized carbons (Fsp3) is 0.353. The lowest BCUT2D eigenvalue weighted by molar-refractivity contribution is 0.519. The van der Waals surface area contributed by atoms with Gasteiger partial charge in [-0.15, -0.1) is 0 Å². The van der Waals surface area contributed by atoms with Crippen LogP contribution in [0.2, 0.25) is 0 Å². The van der Waals surface area contributed by atoms with Crippen molar-refractivity contribution in [2.75, 3.05) is 23.3 Å². The van der Waals surface area contributed by atoms with E-state index in [1.54, 1.807) is 6.07 Å². The van der Waals surface area contributed by atoms with Gasteiger partial charge in [-0.1, -0.05) is 12.1 Å². The highest BCUT2D eigenvalue weighted by molar-refractivity contribution is 5.47. The lowest BCUT2D eigenvalue weighted by atomic mass is 10.0. The predicted octanol–water partition coefficient (Wildman–Crippen LogP) is 3.61. The van der Waals surface area contributed by atoms with Gasteiger partial charge in [-0.2, -0.15) is 0 Å². The molecule has 110 valence electrons. The Morgan fingerprint density at radius 2 is 2.00 bits per heavy atom. The van der Waals surface area contributed by atoms with E-state index in [-0.39, 0.29) is 5.82 Å². The van der Waals surface area contributed by atoms with E-state index in [9.17, 15) is 4.39 Å². The molecule has 1 aliphatic heterocycles. The first kappa shape index (κ1) is 13.9. The van der Waals surface area contributed by atoms with Gasteiger partial charge in [0.1, 0.15) is 11.6 Å². The van der Waals surface area contributed by atoms with Crippen molar-refractivity contribution in [2.24, 2.45) is 0 Å². The van der Waals surface area contributed by atoms with Gasteiger partial charge in [-0.05, 0) is 49.6 Å². The Kier molecular flexibility index (Phi) is 4.04. The molecule has 0 bridgehead atoms. The average Bonchev–Trinajstić information content (AvgIpc) is 2.52. The standard InChI is InChI=1S/C17H20FN3/c1-13-5-6-16(15(18)12-13)20-14-7-10-21(11-8-14)17-4-2-3-9-19-17/h2-6,9,12,14,20H,7-8,10-11H2,1H3. The van der Waals surface area contributed by atoms with Crippen LogP contribution in [0.4, 0.5) is 15.9 Å². The Balaban J connectivity index is 1.59. The maximum atomic E-state index is 13.9. The normalized spacial score (nSPS) is 16.0. The number of benzene rings is 1. The van der Waals surface area contributed by atoms with E-state index < -0.39 is 0 Å². The van der Waals surface area contributed by atoms with Crippen molar-refractivity contribution in [1.82, 2.24) is 4.98 Å². The van der Waals surface area contributed by atoms with Crippen molar-refractivity contribution in [3.8, 4) is 0 Å². The summed E-state index contributed by atoms with van der Waals surface area (Å²) in [6, 6.07) is 11.6. The molecule has 0 unspecified atom stereocenters. The quantitative estimate of drug-likeness (QED) is 0.933. The fourth-order valence-electron chi connectivity index (χ4n) is 2.75. The monoisotopic (exact) mass is 285 g/mol. The smallest absolute Gasteiger partial charge is 0.146 e. The summed E-state index contributed by atoms with van der Waals surface area (Å²) in [4.78, 5) is 6.66. The summed E-state index contributed by atoms with van der Waals surface area (Å²) in [5, 5.41) is 3.33. The summed E-state index contributed by atoms with van der Waals surface area (Å²) in [5.74, 6) is 0.861. The Bertz CT molecular complexity index is 592. The molecular formula is C17H20FN3. The molecule has 2 heterocycles. The summed E-state index contributed by atoms with van der Waals surface area (Å²) in [7, 11) is 0. The van der Waals surface area contributed by atoms with Crippen molar-refractivity contribution in [1.29, 1.82) is 0 Å². The lowest BCUT2D eigenvalue weighted by Gasteiger charge is -2.33. The Morgan fingerprint density at radius 3 is 2.67 bits per heavy atom. The molecule has 4 heteroatoms. The van der Waals surface area contributed by atoms with Gasteiger partial charge in [0.25, 0.3) is 0 Å². The van der Waals surface area contributed by atoms with Crippen LogP contribution in [0.1, 0.15) is 18.4 Å². The molecule has 1 aromatic carbocycles. The van der Waals surface area contributed by atoms with Gasteiger partial charge >= 0.3 is 0 Å². The number of halogens is 1. The molecule has 2 aromatic rings. The lowest BCUT2D eigenvalue weighted by Crippen LogP contribution is -2.39. The SMILES string of the molecule is Cc1ccc(NC2CCN(c3ccccn3)CC2)c(F)c1. The van der Waals surface area contributed by atoms with E-state index in [2.05, 4.69) is 15.2 Å². The first-order chi connectivity index (χ1) is 10.2. The number of aryl methyl sites for hydroxylation is 1. The molecule has 0 saturated carbocycles. The Hall–Kier alpha value is -2.10. The highest BCUT2D eigenvalue weighted by Gasteiger charge is 2.20. The van der Waals surface area contributed by atoms with Gasteiger partial charge in [0, 0.05) is 25.3 Å². The number of piperidine rings is 1. The van der Waals surface area contributed by atoms with Crippen LogP contribution < -0.4 is 10.2 Å². The number of anilines is 2. The van der Waals surface area contributed by atoms with Gasteiger partial charge in [0.15, 0.2) is 0 Å². The largest absolute Gasteiger partial charge is 0.380 e. The molecule has 0 atom stereocenters. The Labute approximate surface area is 124 Å². The number of pyridine rings is 1. The number of nitrogens with zero attached hydrogens (tertiary/aromatic N) is 2. The number of rotatable bonds is 3. The minimum Gasteiger partial charge on any atom is -0.380 e. The number of hydrogen-bond donors (Lipinski definition) is 1. The Morgan fingerprint density at radius 1 is 1.19 bits per heavy atom. The van der Waals surface area contributed by atoms with Crippen molar-refractivity contribution in [3.05, 3.63) is 54.0 Å². The second-order valence-corrected chi connectivity index (χ2v) is 5.58. The second-order valence-electron chi connectivity index (χ2n) is 5.58. The van der Waals surface area contributed by atoms with E-state index in [1.807, 2.05) is 43.5 Å². The van der Waals surface area contributed by atoms with Crippen molar-refractivity contribution < 1.29 is 4.39 Å². The summed E-state index contributed by atoms with van der Waals surface area (Å²) >= 11 is 0. The summed E-state index contributed by atoms with van der Waals surface area (Å²) < 4.78 is 13.9. The second kappa shape index (κ2) is 6.12. The topological polar surface area (TPSA) is 28.2 Å². The summed E-state index contributed by atoms with van der Waals surface area (Å²) in [6.07, 6.45) is 3.80. The van der Waals surface area contributed by atoms with E-state index in [0.29, 0.717) is 11.7 Å². The van der Waals surface area contributed by atoms with E-state index in [0.717, 1.165) is 37.3 Å². The first-order valence-electron chi connectivity index (χ1n) is 7.41. The zero-order chi connectivity index (χ0) is 14.7. The molecule has 1 fully saturated rings. The third kappa shape index (κ3) is 3.32. The van der Waals surface area contributed by atoms with Crippen LogP contribution in [0.15, 0.2) is 42.6 Å². The molecule has 0 aliphatic carbocycles. The molecule has 0 radical (unpaired) electrons. The van der Waals surface area contributed by atoms with Gasteiger partial charge < -0.3 is 10.2 Å². The zero-order valence-electron chi connectivity index (χ0n) is 12.2. The molecule has 1 saturated heterocycles. The minimum atomic E-state index is -0.165. The molecule has 1 N–H and O–H groups in total. The van der Waals surface area contributed by atoms with E-state index in [1.165, 1.54) is 0 Å². The molecule has 1 aromatic heterocycles. The molecule has 1 aliphatic rings.